The minimum Gasteiger partial charge on any atom is -0.370 e. The van der Waals surface area contributed by atoms with Crippen LogP contribution in [0.1, 0.15) is 0 Å². The van der Waals surface area contributed by atoms with E-state index in [2.05, 4.69) is 4.99 Å². The van der Waals surface area contributed by atoms with Crippen LogP contribution in [0.4, 0.5) is 5.69 Å². The summed E-state index contributed by atoms with van der Waals surface area (Å²) in [6.07, 6.45) is 0. The van der Waals surface area contributed by atoms with Crippen molar-refractivity contribution in [3.05, 3.63) is 29.3 Å². The lowest BCUT2D eigenvalue weighted by Crippen LogP contribution is -2.33. The molecule has 3 nitrogen and oxygen atoms in total. The summed E-state index contributed by atoms with van der Waals surface area (Å²) in [6.45, 7) is 1.56. The number of halogens is 1. The average Bonchev–Trinajstić information content (AvgIpc) is 2.52. The van der Waals surface area contributed by atoms with Crippen LogP contribution in [0.15, 0.2) is 29.3 Å². The zero-order valence-electron chi connectivity index (χ0n) is 7.07. The summed E-state index contributed by atoms with van der Waals surface area (Å²) < 4.78 is 0. The first-order valence-corrected chi connectivity index (χ1v) is 4.49. The molecule has 1 aromatic rings. The molecule has 0 bridgehead atoms. The van der Waals surface area contributed by atoms with Crippen LogP contribution in [-0.4, -0.2) is 19.0 Å². The van der Waals surface area contributed by atoms with Gasteiger partial charge in [-0.25, -0.2) is 0 Å². The quantitative estimate of drug-likeness (QED) is 0.738. The summed E-state index contributed by atoms with van der Waals surface area (Å²) in [5.74, 6) is 0.549. The maximum Gasteiger partial charge on any atom is 0.195 e. The molecule has 2 rings (SSSR count). The molecule has 4 heteroatoms. The Balaban J connectivity index is 2.36. The van der Waals surface area contributed by atoms with Gasteiger partial charge in [0.25, 0.3) is 0 Å². The second kappa shape index (κ2) is 3.26. The highest BCUT2D eigenvalue weighted by atomic mass is 35.5. The molecule has 0 saturated carbocycles. The number of hydrogen-bond acceptors (Lipinski definition) is 3. The highest BCUT2D eigenvalue weighted by molar-refractivity contribution is 6.33. The lowest BCUT2D eigenvalue weighted by molar-refractivity contribution is 1.02. The lowest BCUT2D eigenvalue weighted by atomic mass is 10.3. The third-order valence-electron chi connectivity index (χ3n) is 2.02. The molecule has 0 unspecified atom stereocenters. The number of hydrogen-bond donors (Lipinski definition) is 1. The van der Waals surface area contributed by atoms with Crippen molar-refractivity contribution in [2.45, 2.75) is 0 Å². The first-order chi connectivity index (χ1) is 6.29. The van der Waals surface area contributed by atoms with Crippen LogP contribution < -0.4 is 10.6 Å². The molecule has 0 spiro atoms. The van der Waals surface area contributed by atoms with Gasteiger partial charge >= 0.3 is 0 Å². The van der Waals surface area contributed by atoms with Crippen LogP contribution in [-0.2, 0) is 0 Å². The van der Waals surface area contributed by atoms with Gasteiger partial charge in [-0.15, -0.1) is 0 Å². The molecule has 0 amide bonds. The lowest BCUT2D eigenvalue weighted by Gasteiger charge is -2.18. The minimum absolute atomic E-state index is 0.549. The van der Waals surface area contributed by atoms with Crippen molar-refractivity contribution in [2.24, 2.45) is 10.7 Å². The van der Waals surface area contributed by atoms with Gasteiger partial charge in [-0.2, -0.15) is 0 Å². The standard InChI is InChI=1S/C9H10ClN3/c10-7-3-1-2-4-8(7)13-6-5-12-9(13)11/h1-4H,5-6H2,(H2,11,12). The van der Waals surface area contributed by atoms with Crippen molar-refractivity contribution in [1.29, 1.82) is 0 Å². The number of rotatable bonds is 1. The predicted octanol–water partition coefficient (Wildman–Crippen LogP) is 1.47. The van der Waals surface area contributed by atoms with Gasteiger partial charge in [0, 0.05) is 6.54 Å². The average molecular weight is 196 g/mol. The van der Waals surface area contributed by atoms with Crippen molar-refractivity contribution in [3.8, 4) is 0 Å². The van der Waals surface area contributed by atoms with Gasteiger partial charge in [-0.3, -0.25) is 4.99 Å². The van der Waals surface area contributed by atoms with Crippen LogP contribution >= 0.6 is 11.6 Å². The zero-order chi connectivity index (χ0) is 9.26. The summed E-state index contributed by atoms with van der Waals surface area (Å²) >= 11 is 6.02. The Kier molecular flexibility index (Phi) is 2.10. The third kappa shape index (κ3) is 1.47. The van der Waals surface area contributed by atoms with E-state index in [1.54, 1.807) is 0 Å². The number of nitrogens with zero attached hydrogens (tertiary/aromatic N) is 2. The van der Waals surface area contributed by atoms with Crippen LogP contribution in [0, 0.1) is 0 Å². The monoisotopic (exact) mass is 195 g/mol. The fraction of sp³-hybridized carbons (Fsp3) is 0.222. The van der Waals surface area contributed by atoms with E-state index in [0.717, 1.165) is 18.8 Å². The van der Waals surface area contributed by atoms with E-state index < -0.39 is 0 Å². The van der Waals surface area contributed by atoms with E-state index in [1.165, 1.54) is 0 Å². The summed E-state index contributed by atoms with van der Waals surface area (Å²) in [4.78, 5) is 6.02. The summed E-state index contributed by atoms with van der Waals surface area (Å²) in [6, 6.07) is 7.63. The molecule has 1 aromatic carbocycles. The summed E-state index contributed by atoms with van der Waals surface area (Å²) in [7, 11) is 0. The summed E-state index contributed by atoms with van der Waals surface area (Å²) in [5.41, 5.74) is 6.63. The second-order valence-electron chi connectivity index (χ2n) is 2.84. The molecular formula is C9H10ClN3. The third-order valence-corrected chi connectivity index (χ3v) is 2.34. The van der Waals surface area contributed by atoms with E-state index in [0.29, 0.717) is 11.0 Å². The van der Waals surface area contributed by atoms with Crippen molar-refractivity contribution in [1.82, 2.24) is 0 Å². The van der Waals surface area contributed by atoms with Crippen molar-refractivity contribution in [2.75, 3.05) is 18.0 Å². The molecule has 0 radical (unpaired) electrons. The molecule has 2 N–H and O–H groups in total. The van der Waals surface area contributed by atoms with E-state index >= 15 is 0 Å². The predicted molar refractivity (Wildman–Crippen MR) is 55.3 cm³/mol. The molecule has 0 aromatic heterocycles. The molecule has 1 heterocycles. The fourth-order valence-electron chi connectivity index (χ4n) is 1.38. The molecule has 1 aliphatic heterocycles. The largest absolute Gasteiger partial charge is 0.370 e. The summed E-state index contributed by atoms with van der Waals surface area (Å²) in [5, 5.41) is 0.711. The van der Waals surface area contributed by atoms with Gasteiger partial charge < -0.3 is 10.6 Å². The number of guanidine groups is 1. The van der Waals surface area contributed by atoms with Crippen LogP contribution in [0.25, 0.3) is 0 Å². The highest BCUT2D eigenvalue weighted by Gasteiger charge is 2.17. The van der Waals surface area contributed by atoms with Gasteiger partial charge in [0.15, 0.2) is 5.96 Å². The molecule has 0 aliphatic carbocycles. The Bertz CT molecular complexity index is 348. The topological polar surface area (TPSA) is 41.6 Å². The Morgan fingerprint density at radius 2 is 2.15 bits per heavy atom. The van der Waals surface area contributed by atoms with E-state index in [9.17, 15) is 0 Å². The number of anilines is 1. The van der Waals surface area contributed by atoms with Gasteiger partial charge in [-0.1, -0.05) is 23.7 Å². The molecule has 0 fully saturated rings. The SMILES string of the molecule is NC1=NCCN1c1ccccc1Cl. The van der Waals surface area contributed by atoms with Crippen molar-refractivity contribution in [3.63, 3.8) is 0 Å². The maximum atomic E-state index is 6.02. The first kappa shape index (κ1) is 8.38. The molecule has 13 heavy (non-hydrogen) atoms. The van der Waals surface area contributed by atoms with Gasteiger partial charge in [0.1, 0.15) is 0 Å². The smallest absolute Gasteiger partial charge is 0.195 e. The van der Waals surface area contributed by atoms with Gasteiger partial charge in [0.2, 0.25) is 0 Å². The van der Waals surface area contributed by atoms with E-state index in [4.69, 9.17) is 17.3 Å². The Morgan fingerprint density at radius 1 is 1.38 bits per heavy atom. The van der Waals surface area contributed by atoms with Crippen LogP contribution in [0.2, 0.25) is 5.02 Å². The highest BCUT2D eigenvalue weighted by Crippen LogP contribution is 2.25. The van der Waals surface area contributed by atoms with Gasteiger partial charge in [-0.05, 0) is 12.1 Å². The Hall–Kier alpha value is -1.22. The molecule has 0 saturated heterocycles. The normalized spacial score (nSPS) is 16.1. The number of nitrogens with two attached hydrogens (primary N) is 1. The van der Waals surface area contributed by atoms with E-state index in [1.807, 2.05) is 29.2 Å². The number of aliphatic imine (C=N–C) groups is 1. The molecule has 68 valence electrons. The van der Waals surface area contributed by atoms with Crippen LogP contribution in [0.5, 0.6) is 0 Å². The molecule has 0 atom stereocenters. The number of benzene rings is 1. The Labute approximate surface area is 81.8 Å². The zero-order valence-corrected chi connectivity index (χ0v) is 7.83. The second-order valence-corrected chi connectivity index (χ2v) is 3.25. The van der Waals surface area contributed by atoms with Crippen molar-refractivity contribution >= 4 is 23.2 Å². The van der Waals surface area contributed by atoms with Gasteiger partial charge in [0.05, 0.1) is 17.3 Å². The van der Waals surface area contributed by atoms with Crippen molar-refractivity contribution < 1.29 is 0 Å². The molecule has 1 aliphatic rings. The van der Waals surface area contributed by atoms with E-state index in [-0.39, 0.29) is 0 Å². The molecular weight excluding hydrogens is 186 g/mol. The van der Waals surface area contributed by atoms with Crippen LogP contribution in [0.3, 0.4) is 0 Å². The maximum absolute atomic E-state index is 6.02. The fourth-order valence-corrected chi connectivity index (χ4v) is 1.62. The first-order valence-electron chi connectivity index (χ1n) is 4.11. The number of para-hydroxylation sites is 1. The Morgan fingerprint density at radius 3 is 2.77 bits per heavy atom. The minimum atomic E-state index is 0.549.